The predicted molar refractivity (Wildman–Crippen MR) is 172 cm³/mol. The summed E-state index contributed by atoms with van der Waals surface area (Å²) in [6.07, 6.45) is 41.3. The Morgan fingerprint density at radius 1 is 0.550 bits per heavy atom. The van der Waals surface area contributed by atoms with Crippen LogP contribution in [0.4, 0.5) is 0 Å². The third kappa shape index (κ3) is 28.9. The van der Waals surface area contributed by atoms with E-state index in [-0.39, 0.29) is 5.97 Å². The molecule has 0 amide bonds. The van der Waals surface area contributed by atoms with Crippen LogP contribution in [0.15, 0.2) is 48.6 Å². The zero-order chi connectivity index (χ0) is 29.4. The van der Waals surface area contributed by atoms with Gasteiger partial charge in [0.1, 0.15) is 0 Å². The van der Waals surface area contributed by atoms with E-state index in [4.69, 9.17) is 4.74 Å². The van der Waals surface area contributed by atoms with Crippen LogP contribution >= 0.6 is 0 Å². The van der Waals surface area contributed by atoms with Crippen LogP contribution in [0.1, 0.15) is 162 Å². The first-order valence-electron chi connectivity index (χ1n) is 16.6. The Labute approximate surface area is 247 Å². The van der Waals surface area contributed by atoms with Crippen LogP contribution in [0.3, 0.4) is 0 Å². The number of esters is 1. The number of hydrogen-bond donors (Lipinski definition) is 1. The van der Waals surface area contributed by atoms with Crippen molar-refractivity contribution in [3.8, 4) is 0 Å². The summed E-state index contributed by atoms with van der Waals surface area (Å²) in [6, 6.07) is 0. The molecule has 1 unspecified atom stereocenters. The minimum absolute atomic E-state index is 0.302. The fourth-order valence-electron chi connectivity index (χ4n) is 4.54. The van der Waals surface area contributed by atoms with Crippen molar-refractivity contribution in [2.24, 2.45) is 0 Å². The summed E-state index contributed by atoms with van der Waals surface area (Å²) >= 11 is 0. The van der Waals surface area contributed by atoms with Gasteiger partial charge >= 0.3 is 11.9 Å². The highest BCUT2D eigenvalue weighted by molar-refractivity contribution is 5.77. The van der Waals surface area contributed by atoms with Gasteiger partial charge in [-0.15, -0.1) is 0 Å². The molecular formula is C36H62O4. The van der Waals surface area contributed by atoms with E-state index in [9.17, 15) is 14.7 Å². The van der Waals surface area contributed by atoms with Crippen molar-refractivity contribution < 1.29 is 19.4 Å². The highest BCUT2D eigenvalue weighted by Crippen LogP contribution is 2.14. The van der Waals surface area contributed by atoms with Crippen molar-refractivity contribution in [3.05, 3.63) is 48.6 Å². The van der Waals surface area contributed by atoms with Gasteiger partial charge in [0.15, 0.2) is 6.10 Å². The van der Waals surface area contributed by atoms with Gasteiger partial charge in [-0.05, 0) is 64.2 Å². The second kappa shape index (κ2) is 31.4. The minimum atomic E-state index is -1.02. The van der Waals surface area contributed by atoms with Gasteiger partial charge in [-0.2, -0.15) is 0 Å². The number of carbonyl (C=O) groups is 2. The molecule has 4 heteroatoms. The molecule has 230 valence electrons. The molecule has 0 aromatic heterocycles. The second-order valence-corrected chi connectivity index (χ2v) is 11.0. The molecule has 0 saturated heterocycles. The van der Waals surface area contributed by atoms with Crippen molar-refractivity contribution in [3.63, 3.8) is 0 Å². The highest BCUT2D eigenvalue weighted by Gasteiger charge is 2.21. The summed E-state index contributed by atoms with van der Waals surface area (Å²) in [4.78, 5) is 23.6. The molecule has 4 nitrogen and oxygen atoms in total. The summed E-state index contributed by atoms with van der Waals surface area (Å²) in [5.41, 5.74) is 0. The van der Waals surface area contributed by atoms with Crippen LogP contribution in [0.25, 0.3) is 0 Å². The van der Waals surface area contributed by atoms with Crippen LogP contribution in [-0.2, 0) is 14.3 Å². The SMILES string of the molecule is CCCCC/C=C\C/C=C\C/C=C\C/C=C\CCCCCC(=O)OC(CCCCCCCCCCCC)C(=O)O. The Morgan fingerprint density at radius 3 is 1.45 bits per heavy atom. The van der Waals surface area contributed by atoms with E-state index >= 15 is 0 Å². The van der Waals surface area contributed by atoms with Crippen LogP contribution in [0.2, 0.25) is 0 Å². The first-order valence-corrected chi connectivity index (χ1v) is 16.6. The summed E-state index contributed by atoms with van der Waals surface area (Å²) in [6.45, 7) is 4.47. The van der Waals surface area contributed by atoms with Crippen molar-refractivity contribution in [2.45, 2.75) is 168 Å². The Hall–Kier alpha value is -2.10. The Bertz CT molecular complexity index is 689. The number of allylic oxidation sites excluding steroid dienone is 8. The van der Waals surface area contributed by atoms with Gasteiger partial charge in [0, 0.05) is 6.42 Å². The lowest BCUT2D eigenvalue weighted by molar-refractivity contribution is -0.164. The maximum absolute atomic E-state index is 12.1. The molecule has 0 aromatic carbocycles. The lowest BCUT2D eigenvalue weighted by atomic mass is 10.0. The fraction of sp³-hybridized carbons (Fsp3) is 0.722. The number of aliphatic carboxylic acids is 1. The molecule has 0 aliphatic carbocycles. The van der Waals surface area contributed by atoms with Gasteiger partial charge in [-0.25, -0.2) is 4.79 Å². The molecule has 0 aliphatic rings. The largest absolute Gasteiger partial charge is 0.479 e. The summed E-state index contributed by atoms with van der Waals surface area (Å²) in [5.74, 6) is -1.40. The van der Waals surface area contributed by atoms with Gasteiger partial charge < -0.3 is 9.84 Å². The van der Waals surface area contributed by atoms with E-state index in [1.54, 1.807) is 0 Å². The zero-order valence-electron chi connectivity index (χ0n) is 26.1. The molecule has 1 atom stereocenters. The third-order valence-corrected chi connectivity index (χ3v) is 7.08. The number of ether oxygens (including phenoxy) is 1. The summed E-state index contributed by atoms with van der Waals surface area (Å²) in [7, 11) is 0. The van der Waals surface area contributed by atoms with Gasteiger partial charge in [-0.3, -0.25) is 4.79 Å². The molecule has 0 heterocycles. The van der Waals surface area contributed by atoms with E-state index in [1.165, 1.54) is 70.6 Å². The average Bonchev–Trinajstić information content (AvgIpc) is 2.94. The Morgan fingerprint density at radius 2 is 0.950 bits per heavy atom. The maximum atomic E-state index is 12.1. The van der Waals surface area contributed by atoms with Gasteiger partial charge in [0.2, 0.25) is 0 Å². The fourth-order valence-corrected chi connectivity index (χ4v) is 4.54. The number of carboxylic acid groups (broad SMARTS) is 1. The molecule has 0 fully saturated rings. The topological polar surface area (TPSA) is 63.6 Å². The number of rotatable bonds is 29. The Balaban J connectivity index is 3.70. The molecule has 0 spiro atoms. The number of carboxylic acids is 1. The third-order valence-electron chi connectivity index (χ3n) is 7.08. The van der Waals surface area contributed by atoms with Crippen molar-refractivity contribution in [2.75, 3.05) is 0 Å². The number of unbranched alkanes of at least 4 members (excludes halogenated alkanes) is 15. The quantitative estimate of drug-likeness (QED) is 0.0563. The average molecular weight is 559 g/mol. The van der Waals surface area contributed by atoms with Crippen molar-refractivity contribution >= 4 is 11.9 Å². The molecule has 0 aliphatic heterocycles. The molecule has 1 N–H and O–H groups in total. The molecular weight excluding hydrogens is 496 g/mol. The molecule has 0 rings (SSSR count). The maximum Gasteiger partial charge on any atom is 0.345 e. The second-order valence-electron chi connectivity index (χ2n) is 11.0. The number of carbonyl (C=O) groups excluding carboxylic acids is 1. The van der Waals surface area contributed by atoms with E-state index in [2.05, 4.69) is 62.5 Å². The summed E-state index contributed by atoms with van der Waals surface area (Å²) in [5, 5.41) is 9.40. The van der Waals surface area contributed by atoms with Gasteiger partial charge in [0.25, 0.3) is 0 Å². The van der Waals surface area contributed by atoms with Crippen LogP contribution < -0.4 is 0 Å². The van der Waals surface area contributed by atoms with E-state index in [0.717, 1.165) is 64.2 Å². The molecule has 0 aromatic rings. The Kier molecular flexibility index (Phi) is 29.8. The highest BCUT2D eigenvalue weighted by atomic mass is 16.6. The molecule has 0 radical (unpaired) electrons. The van der Waals surface area contributed by atoms with Crippen LogP contribution in [0.5, 0.6) is 0 Å². The molecule has 0 saturated carbocycles. The lowest BCUT2D eigenvalue weighted by Gasteiger charge is -2.13. The van der Waals surface area contributed by atoms with Crippen molar-refractivity contribution in [1.82, 2.24) is 0 Å². The minimum Gasteiger partial charge on any atom is -0.479 e. The van der Waals surface area contributed by atoms with Crippen LogP contribution in [-0.4, -0.2) is 23.1 Å². The van der Waals surface area contributed by atoms with Crippen LogP contribution in [0, 0.1) is 0 Å². The van der Waals surface area contributed by atoms with Crippen molar-refractivity contribution in [1.29, 1.82) is 0 Å². The zero-order valence-corrected chi connectivity index (χ0v) is 26.1. The smallest absolute Gasteiger partial charge is 0.345 e. The molecule has 0 bridgehead atoms. The van der Waals surface area contributed by atoms with E-state index < -0.39 is 12.1 Å². The first-order chi connectivity index (χ1) is 19.6. The normalized spacial score (nSPS) is 12.8. The lowest BCUT2D eigenvalue weighted by Crippen LogP contribution is -2.27. The van der Waals surface area contributed by atoms with E-state index in [0.29, 0.717) is 12.8 Å². The standard InChI is InChI=1S/C36H62O4/c1-3-5-7-9-11-13-15-16-17-18-19-20-21-22-23-25-27-29-31-33-35(37)40-34(36(38)39)32-30-28-26-24-14-12-10-8-6-4-2/h11,13,16-17,19-20,22-23,34H,3-10,12,14-15,18,21,24-33H2,1-2H3,(H,38,39)/b13-11-,17-16-,20-19-,23-22-. The molecule has 40 heavy (non-hydrogen) atoms. The monoisotopic (exact) mass is 558 g/mol. The van der Waals surface area contributed by atoms with Gasteiger partial charge in [-0.1, -0.05) is 140 Å². The van der Waals surface area contributed by atoms with Gasteiger partial charge in [0.05, 0.1) is 0 Å². The van der Waals surface area contributed by atoms with E-state index in [1.807, 2.05) is 0 Å². The summed E-state index contributed by atoms with van der Waals surface area (Å²) < 4.78 is 5.26. The number of hydrogen-bond acceptors (Lipinski definition) is 3. The first kappa shape index (κ1) is 37.9. The predicted octanol–water partition coefficient (Wildman–Crippen LogP) is 11.2.